The molecule has 3 saturated heterocycles. The maximum absolute atomic E-state index is 12.9. The quantitative estimate of drug-likeness (QED) is 0.444. The van der Waals surface area contributed by atoms with Gasteiger partial charge in [-0.25, -0.2) is 0 Å². The summed E-state index contributed by atoms with van der Waals surface area (Å²) in [6.45, 7) is 4.72. The fourth-order valence-corrected chi connectivity index (χ4v) is 9.58. The number of hydrogen-bond donors (Lipinski definition) is 1. The second kappa shape index (κ2) is 10.8. The Labute approximate surface area is 235 Å². The molecule has 3 fully saturated rings. The van der Waals surface area contributed by atoms with Gasteiger partial charge in [-0.3, -0.25) is 9.88 Å². The lowest BCUT2D eigenvalue weighted by Gasteiger charge is -2.58. The maximum atomic E-state index is 12.9. The van der Waals surface area contributed by atoms with Crippen LogP contribution in [0.15, 0.2) is 60.3 Å². The van der Waals surface area contributed by atoms with Gasteiger partial charge in [0.1, 0.15) is 0 Å². The highest BCUT2D eigenvalue weighted by Crippen LogP contribution is 2.60. The predicted octanol–water partition coefficient (Wildman–Crippen LogP) is 6.68. The molecule has 6 atom stereocenters. The molecule has 4 nitrogen and oxygen atoms in total. The highest BCUT2D eigenvalue weighted by atomic mass is 16.3. The van der Waals surface area contributed by atoms with Crippen molar-refractivity contribution in [2.45, 2.75) is 101 Å². The highest BCUT2D eigenvalue weighted by Gasteiger charge is 2.65. The number of hydrogen-bond acceptors (Lipinski definition) is 4. The van der Waals surface area contributed by atoms with Crippen molar-refractivity contribution in [2.75, 3.05) is 26.2 Å². The first-order chi connectivity index (χ1) is 19.2. The van der Waals surface area contributed by atoms with Crippen LogP contribution in [0.5, 0.6) is 0 Å². The van der Waals surface area contributed by atoms with Crippen molar-refractivity contribution in [2.24, 2.45) is 11.3 Å². The zero-order valence-electron chi connectivity index (χ0n) is 23.7. The fourth-order valence-electron chi connectivity index (χ4n) is 9.58. The minimum atomic E-state index is -0.786. The van der Waals surface area contributed by atoms with Gasteiger partial charge in [0.2, 0.25) is 0 Å². The Hall–Kier alpha value is -2.01. The van der Waals surface area contributed by atoms with E-state index in [1.54, 1.807) is 0 Å². The Morgan fingerprint density at radius 1 is 0.897 bits per heavy atom. The average Bonchev–Trinajstić information content (AvgIpc) is 3.22. The minimum absolute atomic E-state index is 0.133. The number of nitrogens with zero attached hydrogens (tertiary/aromatic N) is 3. The molecule has 7 rings (SSSR count). The molecular weight excluding hydrogens is 478 g/mol. The Bertz CT molecular complexity index is 1230. The van der Waals surface area contributed by atoms with Gasteiger partial charge in [-0.2, -0.15) is 0 Å². The molecule has 4 heteroatoms. The summed E-state index contributed by atoms with van der Waals surface area (Å²) in [5.41, 5.74) is 2.01. The smallest absolute Gasteiger partial charge is 0.0994 e. The molecule has 0 amide bonds. The van der Waals surface area contributed by atoms with Gasteiger partial charge < -0.3 is 10.0 Å². The van der Waals surface area contributed by atoms with Crippen LogP contribution >= 0.6 is 0 Å². The SMILES string of the molecule is O[C@]12C=C(Cc3nccc4ccccc34)[C@@H]3CCN(CCCC/C=C\CC1)C[C@@]31C[C@@H]3CCCCCCN3C12. The average molecular weight is 526 g/mol. The maximum Gasteiger partial charge on any atom is 0.0994 e. The molecule has 5 heterocycles. The second-order valence-electron chi connectivity index (χ2n) is 13.4. The van der Waals surface area contributed by atoms with E-state index >= 15 is 0 Å². The first-order valence-electron chi connectivity index (χ1n) is 16.1. The molecule has 1 aliphatic carbocycles. The lowest BCUT2D eigenvalue weighted by molar-refractivity contribution is -0.0983. The summed E-state index contributed by atoms with van der Waals surface area (Å²) in [5, 5.41) is 15.5. The van der Waals surface area contributed by atoms with Crippen LogP contribution in [0.3, 0.4) is 0 Å². The molecule has 0 radical (unpaired) electrons. The summed E-state index contributed by atoms with van der Waals surface area (Å²) >= 11 is 0. The number of pyridine rings is 1. The topological polar surface area (TPSA) is 39.6 Å². The van der Waals surface area contributed by atoms with Crippen molar-refractivity contribution in [1.82, 2.24) is 14.8 Å². The third-order valence-electron chi connectivity index (χ3n) is 11.1. The van der Waals surface area contributed by atoms with Crippen LogP contribution in [0.4, 0.5) is 0 Å². The van der Waals surface area contributed by atoms with Crippen molar-refractivity contribution in [3.05, 3.63) is 66.0 Å². The monoisotopic (exact) mass is 525 g/mol. The Morgan fingerprint density at radius 3 is 2.74 bits per heavy atom. The first-order valence-corrected chi connectivity index (χ1v) is 16.1. The van der Waals surface area contributed by atoms with Gasteiger partial charge in [-0.1, -0.05) is 67.3 Å². The molecule has 39 heavy (non-hydrogen) atoms. The Kier molecular flexibility index (Phi) is 7.15. The van der Waals surface area contributed by atoms with E-state index in [4.69, 9.17) is 4.98 Å². The molecule has 1 aromatic heterocycles. The van der Waals surface area contributed by atoms with Gasteiger partial charge in [-0.15, -0.1) is 0 Å². The zero-order valence-corrected chi connectivity index (χ0v) is 23.7. The molecule has 208 valence electrons. The van der Waals surface area contributed by atoms with E-state index < -0.39 is 5.60 Å². The number of fused-ring (bicyclic) bond motifs is 3. The number of piperidine rings is 1. The van der Waals surface area contributed by atoms with Gasteiger partial charge in [0.15, 0.2) is 0 Å². The van der Waals surface area contributed by atoms with E-state index in [0.717, 1.165) is 32.4 Å². The highest BCUT2D eigenvalue weighted by molar-refractivity contribution is 5.84. The molecule has 1 N–H and O–H groups in total. The minimum Gasteiger partial charge on any atom is -0.384 e. The van der Waals surface area contributed by atoms with Gasteiger partial charge in [0, 0.05) is 42.0 Å². The number of rotatable bonds is 2. The molecule has 1 spiro atoms. The Morgan fingerprint density at radius 2 is 1.77 bits per heavy atom. The lowest BCUT2D eigenvalue weighted by atomic mass is 9.54. The summed E-state index contributed by atoms with van der Waals surface area (Å²) in [6.07, 6.45) is 24.7. The predicted molar refractivity (Wildman–Crippen MR) is 160 cm³/mol. The van der Waals surface area contributed by atoms with E-state index in [1.807, 2.05) is 6.20 Å². The van der Waals surface area contributed by atoms with Crippen LogP contribution < -0.4 is 0 Å². The molecule has 4 aliphatic heterocycles. The van der Waals surface area contributed by atoms with Gasteiger partial charge in [0.05, 0.1) is 11.3 Å². The molecule has 2 aromatic rings. The number of aliphatic hydroxyl groups is 1. The largest absolute Gasteiger partial charge is 0.384 e. The Balaban J connectivity index is 1.35. The van der Waals surface area contributed by atoms with Gasteiger partial charge in [0.25, 0.3) is 0 Å². The van der Waals surface area contributed by atoms with Crippen LogP contribution in [-0.4, -0.2) is 63.8 Å². The first kappa shape index (κ1) is 25.9. The van der Waals surface area contributed by atoms with Crippen molar-refractivity contribution >= 4 is 10.8 Å². The van der Waals surface area contributed by atoms with E-state index in [-0.39, 0.29) is 11.5 Å². The van der Waals surface area contributed by atoms with E-state index in [0.29, 0.717) is 12.0 Å². The lowest BCUT2D eigenvalue weighted by Crippen LogP contribution is -2.66. The van der Waals surface area contributed by atoms with Crippen LogP contribution in [-0.2, 0) is 6.42 Å². The van der Waals surface area contributed by atoms with Crippen LogP contribution in [0.2, 0.25) is 0 Å². The summed E-state index contributed by atoms with van der Waals surface area (Å²) in [5.74, 6) is 0.536. The summed E-state index contributed by atoms with van der Waals surface area (Å²) in [7, 11) is 0. The van der Waals surface area contributed by atoms with Gasteiger partial charge >= 0.3 is 0 Å². The molecule has 3 bridgehead atoms. The molecule has 0 saturated carbocycles. The number of aromatic nitrogens is 1. The number of benzene rings is 1. The second-order valence-corrected chi connectivity index (χ2v) is 13.4. The standard InChI is InChI=1S/C35H47N3O/c39-35-18-10-4-1-2-5-11-20-37-22-17-31(28(24-35)23-32-30-15-9-8-13-27(30)16-19-36-32)34(26-37)25-29-14-7-3-6-12-21-38(29)33(34)35/h1,4,8-9,13,15-16,19,24,29,31,33,39H,2-3,5-7,10-12,14,17-18,20-23,25-26H2/b4-1-/t29-,31-,33?,34-,35-/m0/s1. The number of allylic oxidation sites excluding steroid dienone is 3. The van der Waals surface area contributed by atoms with E-state index in [9.17, 15) is 5.11 Å². The van der Waals surface area contributed by atoms with Crippen molar-refractivity contribution in [1.29, 1.82) is 0 Å². The van der Waals surface area contributed by atoms with Crippen molar-refractivity contribution in [3.63, 3.8) is 0 Å². The van der Waals surface area contributed by atoms with Crippen LogP contribution in [0.1, 0.15) is 82.7 Å². The third kappa shape index (κ3) is 4.71. The summed E-state index contributed by atoms with van der Waals surface area (Å²) in [6, 6.07) is 11.7. The van der Waals surface area contributed by atoms with E-state index in [1.165, 1.54) is 99.3 Å². The van der Waals surface area contributed by atoms with E-state index in [2.05, 4.69) is 58.4 Å². The molecule has 5 aliphatic rings. The molecule has 2 unspecified atom stereocenters. The fraction of sp³-hybridized carbons (Fsp3) is 0.629. The van der Waals surface area contributed by atoms with Crippen LogP contribution in [0, 0.1) is 11.3 Å². The van der Waals surface area contributed by atoms with Crippen LogP contribution in [0.25, 0.3) is 10.8 Å². The normalized spacial score (nSPS) is 38.3. The summed E-state index contributed by atoms with van der Waals surface area (Å²) in [4.78, 5) is 10.6. The zero-order chi connectivity index (χ0) is 26.3. The van der Waals surface area contributed by atoms with Crippen molar-refractivity contribution < 1.29 is 5.11 Å². The third-order valence-corrected chi connectivity index (χ3v) is 11.1. The van der Waals surface area contributed by atoms with Crippen molar-refractivity contribution in [3.8, 4) is 0 Å². The molecular formula is C35H47N3O. The van der Waals surface area contributed by atoms with Gasteiger partial charge in [-0.05, 0) is 94.8 Å². The summed E-state index contributed by atoms with van der Waals surface area (Å²) < 4.78 is 0. The molecule has 1 aromatic carbocycles.